The number of aromatic nitrogens is 4. The van der Waals surface area contributed by atoms with Crippen LogP contribution in [0.5, 0.6) is 0 Å². The van der Waals surface area contributed by atoms with Crippen LogP contribution in [0.2, 0.25) is 0 Å². The van der Waals surface area contributed by atoms with Crippen LogP contribution in [-0.2, 0) is 20.0 Å². The second kappa shape index (κ2) is 15.6. The largest absolute Gasteiger partial charge is 0.342 e. The van der Waals surface area contributed by atoms with Crippen LogP contribution in [-0.4, -0.2) is 70.3 Å². The zero-order valence-corrected chi connectivity index (χ0v) is 34.1. The number of imidazole rings is 1. The monoisotopic (exact) mass is 841 g/mol. The van der Waals surface area contributed by atoms with E-state index < -0.39 is 18.9 Å². The van der Waals surface area contributed by atoms with Crippen LogP contribution in [0.15, 0.2) is 73.4 Å². The van der Waals surface area contributed by atoms with Gasteiger partial charge in [0.1, 0.15) is 5.82 Å². The minimum absolute atomic E-state index is 0.0341. The van der Waals surface area contributed by atoms with Gasteiger partial charge in [-0.1, -0.05) is 55.3 Å². The number of benzene rings is 2. The number of nitrogens with one attached hydrogen (secondary N) is 1. The third kappa shape index (κ3) is 7.00. The highest BCUT2D eigenvalue weighted by atomic mass is 127. The van der Waals surface area contributed by atoms with E-state index in [1.54, 1.807) is 6.07 Å². The summed E-state index contributed by atoms with van der Waals surface area (Å²) in [5.74, 6) is 0.0562. The number of rotatable bonds is 14. The topological polar surface area (TPSA) is 71.2 Å². The molecule has 54 heavy (non-hydrogen) atoms. The highest BCUT2D eigenvalue weighted by molar-refractivity contribution is 14.2. The molecular weight excluding hydrogens is 788 g/mol. The molecule has 8 nitrogen and oxygen atoms in total. The van der Waals surface area contributed by atoms with E-state index >= 15 is 0 Å². The molecule has 2 aliphatic carbocycles. The second-order valence-electron chi connectivity index (χ2n) is 15.5. The normalized spacial score (nSPS) is 17.1. The van der Waals surface area contributed by atoms with Gasteiger partial charge >= 0.3 is 0 Å². The molecule has 0 spiro atoms. The number of pyridine rings is 1. The van der Waals surface area contributed by atoms with Gasteiger partial charge in [-0.2, -0.15) is 0 Å². The molecule has 284 valence electrons. The van der Waals surface area contributed by atoms with Crippen LogP contribution in [0, 0.1) is 9.39 Å². The van der Waals surface area contributed by atoms with Gasteiger partial charge in [-0.3, -0.25) is 9.78 Å². The fourth-order valence-corrected chi connectivity index (χ4v) is 14.6. The predicted molar refractivity (Wildman–Crippen MR) is 228 cm³/mol. The van der Waals surface area contributed by atoms with E-state index in [1.807, 2.05) is 30.9 Å². The van der Waals surface area contributed by atoms with Gasteiger partial charge in [-0.15, -0.1) is 0 Å². The minimum atomic E-state index is -1.97. The third-order valence-corrected chi connectivity index (χ3v) is 17.3. The number of nitrogens with zero attached hydrogens (tertiary/aromatic N) is 6. The average molecular weight is 842 g/mol. The molecule has 0 atom stereocenters. The molecule has 3 aromatic heterocycles. The first-order valence-corrected chi connectivity index (χ1v) is 23.4. The summed E-state index contributed by atoms with van der Waals surface area (Å²) in [6.07, 6.45) is 18.0. The number of hydrogen-bond donors (Lipinski definition) is 1. The average Bonchev–Trinajstić information content (AvgIpc) is 3.98. The molecule has 2 fully saturated rings. The Bertz CT molecular complexity index is 2220. The number of anilines is 1. The van der Waals surface area contributed by atoms with Crippen molar-refractivity contribution in [2.24, 2.45) is 7.05 Å². The van der Waals surface area contributed by atoms with Crippen molar-refractivity contribution < 1.29 is 9.18 Å². The summed E-state index contributed by atoms with van der Waals surface area (Å²) >= 11 is -1.97. The number of hydrogen-bond acceptors (Lipinski definition) is 5. The first-order valence-electron chi connectivity index (χ1n) is 19.7. The van der Waals surface area contributed by atoms with E-state index in [1.165, 1.54) is 49.1 Å². The molecule has 3 aliphatic rings. The lowest BCUT2D eigenvalue weighted by molar-refractivity contribution is 0.0890. The van der Waals surface area contributed by atoms with Gasteiger partial charge in [0.05, 0.1) is 38.8 Å². The maximum Gasteiger partial charge on any atom is 0.252 e. The molecule has 1 N–H and O–H groups in total. The molecule has 8 rings (SSSR count). The fourth-order valence-electron chi connectivity index (χ4n) is 9.16. The second-order valence-corrected chi connectivity index (χ2v) is 19.8. The lowest BCUT2D eigenvalue weighted by Crippen LogP contribution is -2.62. The summed E-state index contributed by atoms with van der Waals surface area (Å²) in [5.41, 5.74) is 7.04. The number of halogens is 2. The number of aryl methyl sites for hydroxylation is 2. The molecule has 2 saturated carbocycles. The van der Waals surface area contributed by atoms with E-state index in [2.05, 4.69) is 79.5 Å². The first-order chi connectivity index (χ1) is 26.3. The van der Waals surface area contributed by atoms with Crippen LogP contribution in [0.25, 0.3) is 22.3 Å². The van der Waals surface area contributed by atoms with Crippen LogP contribution < -0.4 is 10.2 Å². The van der Waals surface area contributed by atoms with E-state index in [9.17, 15) is 9.18 Å². The molecule has 0 saturated heterocycles. The maximum absolute atomic E-state index is 14.3. The quantitative estimate of drug-likeness (QED) is 0.114. The van der Waals surface area contributed by atoms with Gasteiger partial charge < -0.3 is 24.3 Å². The van der Waals surface area contributed by atoms with Crippen molar-refractivity contribution in [2.45, 2.75) is 89.1 Å². The van der Waals surface area contributed by atoms with Gasteiger partial charge in [0.25, 0.3) is 5.91 Å². The molecular formula is C44H53FIN7O. The van der Waals surface area contributed by atoms with Crippen molar-refractivity contribution in [1.82, 2.24) is 29.3 Å². The third-order valence-electron chi connectivity index (χ3n) is 12.0. The zero-order valence-electron chi connectivity index (χ0n) is 32.0. The van der Waals surface area contributed by atoms with Crippen molar-refractivity contribution in [3.8, 4) is 11.4 Å². The first kappa shape index (κ1) is 36.9. The minimum Gasteiger partial charge on any atom is -0.342 e. The van der Waals surface area contributed by atoms with Gasteiger partial charge in [0.15, 0.2) is 0 Å². The number of carbonyl (C=O) groups is 1. The van der Waals surface area contributed by atoms with Gasteiger partial charge in [0.2, 0.25) is 0 Å². The lowest BCUT2D eigenvalue weighted by Gasteiger charge is -2.45. The SMILES string of the molecule is C=I1=C(C2(NC(=O)c3ccc4c(C5CCCC5)c(-c5ccc(F)cn5)n(C)c4c3)CCC2)N(C)c2cc(CCCN(CCC)CCn3ccnc3)ccc21. The van der Waals surface area contributed by atoms with Crippen molar-refractivity contribution in [1.29, 1.82) is 0 Å². The molecule has 0 radical (unpaired) electrons. The van der Waals surface area contributed by atoms with Crippen molar-refractivity contribution in [3.63, 3.8) is 0 Å². The Balaban J connectivity index is 0.996. The Labute approximate surface area is 325 Å². The van der Waals surface area contributed by atoms with E-state index in [4.69, 9.17) is 4.51 Å². The number of amides is 1. The van der Waals surface area contributed by atoms with Crippen molar-refractivity contribution in [2.75, 3.05) is 31.6 Å². The van der Waals surface area contributed by atoms with Crippen LogP contribution in [0.3, 0.4) is 0 Å². The molecule has 5 aromatic rings. The predicted octanol–water partition coefficient (Wildman–Crippen LogP) is 8.62. The Morgan fingerprint density at radius 1 is 1.06 bits per heavy atom. The van der Waals surface area contributed by atoms with E-state index in [0.717, 1.165) is 99.8 Å². The van der Waals surface area contributed by atoms with E-state index in [-0.39, 0.29) is 17.3 Å². The Morgan fingerprint density at radius 3 is 2.59 bits per heavy atom. The Morgan fingerprint density at radius 2 is 1.89 bits per heavy atom. The standard InChI is InChI=1S/C44H53FIN7O/c1-5-22-52(25-26-53-24-21-47-30-53)23-8-10-31-13-17-36-39(27-31)51(4)43(46(36)2)44(19-9-20-44)49-42(54)33-14-16-35-38(28-33)50(3)41(37-18-15-34(45)29-48-37)40(35)32-11-6-7-12-32/h13-18,21,24,27-30,32H,2,5-12,19-20,22-23,25-26H2,1,3-4H3,(H,49,54). The van der Waals surface area contributed by atoms with Crippen molar-refractivity contribution >= 4 is 49.5 Å². The summed E-state index contributed by atoms with van der Waals surface area (Å²) in [6, 6.07) is 16.5. The zero-order chi connectivity index (χ0) is 37.4. The summed E-state index contributed by atoms with van der Waals surface area (Å²) < 4.78 is 25.8. The lowest BCUT2D eigenvalue weighted by atomic mass is 9.76. The van der Waals surface area contributed by atoms with Crippen LogP contribution in [0.1, 0.15) is 92.1 Å². The number of fused-ring (bicyclic) bond motifs is 2. The summed E-state index contributed by atoms with van der Waals surface area (Å²) in [7, 11) is 4.24. The Kier molecular flexibility index (Phi) is 10.7. The summed E-state index contributed by atoms with van der Waals surface area (Å²) in [5, 5.41) is 4.75. The maximum atomic E-state index is 14.3. The molecule has 0 bridgehead atoms. The van der Waals surface area contributed by atoms with Crippen LogP contribution in [0.4, 0.5) is 10.1 Å². The van der Waals surface area contributed by atoms with Crippen LogP contribution >= 0.6 is 18.9 Å². The van der Waals surface area contributed by atoms with Gasteiger partial charge in [-0.05, 0) is 118 Å². The molecule has 10 heteroatoms. The van der Waals surface area contributed by atoms with Crippen molar-refractivity contribution in [3.05, 3.63) is 99.5 Å². The highest BCUT2D eigenvalue weighted by Gasteiger charge is 2.46. The van der Waals surface area contributed by atoms with Gasteiger partial charge in [0, 0.05) is 59.6 Å². The highest BCUT2D eigenvalue weighted by Crippen LogP contribution is 2.48. The smallest absolute Gasteiger partial charge is 0.252 e. The number of carbonyl (C=O) groups excluding carboxylic acids is 1. The molecule has 1 amide bonds. The molecule has 0 unspecified atom stereocenters. The Hall–Kier alpha value is -4.03. The molecule has 1 aliphatic heterocycles. The fraction of sp³-hybridized carbons (Fsp3) is 0.432. The molecule has 4 heterocycles. The molecule has 2 aromatic carbocycles. The van der Waals surface area contributed by atoms with Gasteiger partial charge in [-0.25, -0.2) is 9.37 Å². The summed E-state index contributed by atoms with van der Waals surface area (Å²) in [6.45, 7) is 6.45. The summed E-state index contributed by atoms with van der Waals surface area (Å²) in [4.78, 5) is 27.9. The van der Waals surface area contributed by atoms with E-state index in [0.29, 0.717) is 11.5 Å². The number of likely N-dealkylation sites (N-methyl/N-ethyl adjacent to an activating group) is 1.